The summed E-state index contributed by atoms with van der Waals surface area (Å²) in [7, 11) is 1.58. The quantitative estimate of drug-likeness (QED) is 0.0231. The number of unbranched alkanes of at least 4 members (excludes halogenated alkanes) is 10. The van der Waals surface area contributed by atoms with E-state index in [0.29, 0.717) is 114 Å². The number of aromatic nitrogens is 3. The van der Waals surface area contributed by atoms with Crippen molar-refractivity contribution in [2.24, 2.45) is 22.8 Å². The van der Waals surface area contributed by atoms with Gasteiger partial charge >= 0.3 is 5.97 Å². The van der Waals surface area contributed by atoms with Crippen LogP contribution in [-0.2, 0) is 45.2 Å². The van der Waals surface area contributed by atoms with Gasteiger partial charge in [-0.2, -0.15) is 0 Å². The van der Waals surface area contributed by atoms with Crippen molar-refractivity contribution in [1.82, 2.24) is 35.8 Å². The Hall–Kier alpha value is -5.91. The Bertz CT molecular complexity index is 2370. The number of amides is 3. The third-order valence-corrected chi connectivity index (χ3v) is 14.1. The molecule has 0 aliphatic heterocycles. The van der Waals surface area contributed by atoms with Gasteiger partial charge in [-0.1, -0.05) is 107 Å². The zero-order chi connectivity index (χ0) is 54.5. The maximum absolute atomic E-state index is 15.5. The van der Waals surface area contributed by atoms with E-state index in [1.165, 1.54) is 44.6 Å². The summed E-state index contributed by atoms with van der Waals surface area (Å²) in [5.41, 5.74) is 15.9. The second kappa shape index (κ2) is 33.3. The van der Waals surface area contributed by atoms with Crippen molar-refractivity contribution in [1.29, 1.82) is 0 Å². The fourth-order valence-electron chi connectivity index (χ4n) is 9.85. The number of carbonyl (C=O) groups is 4. The van der Waals surface area contributed by atoms with Crippen LogP contribution in [0.4, 0.5) is 4.39 Å². The van der Waals surface area contributed by atoms with E-state index in [9.17, 15) is 24.3 Å². The molecule has 5 rings (SSSR count). The average Bonchev–Trinajstić information content (AvgIpc) is 4.16. The van der Waals surface area contributed by atoms with E-state index < -0.39 is 5.97 Å². The molecule has 0 unspecified atom stereocenters. The van der Waals surface area contributed by atoms with Crippen molar-refractivity contribution in [2.45, 2.75) is 155 Å². The van der Waals surface area contributed by atoms with Crippen LogP contribution in [0, 0.1) is 17.2 Å². The van der Waals surface area contributed by atoms with Gasteiger partial charge in [0, 0.05) is 89.9 Å². The number of ether oxygens (including phenoxy) is 2. The van der Waals surface area contributed by atoms with Crippen molar-refractivity contribution in [3.05, 3.63) is 95.1 Å². The lowest BCUT2D eigenvalue weighted by Gasteiger charge is -2.26. The minimum atomic E-state index is -0.788. The lowest BCUT2D eigenvalue weighted by atomic mass is 9.82. The first-order valence-electron chi connectivity index (χ1n) is 28.0. The van der Waals surface area contributed by atoms with Gasteiger partial charge in [0.15, 0.2) is 0 Å². The van der Waals surface area contributed by atoms with Crippen LogP contribution in [-0.4, -0.2) is 108 Å². The van der Waals surface area contributed by atoms with Crippen LogP contribution in [0.15, 0.2) is 66.9 Å². The van der Waals surface area contributed by atoms with Crippen LogP contribution in [0.25, 0.3) is 11.1 Å². The highest BCUT2D eigenvalue weighted by atomic mass is 19.1. The topological polar surface area (TPSA) is 229 Å². The molecule has 1 saturated carbocycles. The lowest BCUT2D eigenvalue weighted by Crippen LogP contribution is -2.40. The van der Waals surface area contributed by atoms with Gasteiger partial charge in [-0.25, -0.2) is 4.39 Å². The summed E-state index contributed by atoms with van der Waals surface area (Å²) in [6.45, 7) is 8.92. The highest BCUT2D eigenvalue weighted by molar-refractivity contribution is 5.77. The normalized spacial score (nSPS) is 12.9. The first-order chi connectivity index (χ1) is 36.7. The van der Waals surface area contributed by atoms with Crippen molar-refractivity contribution < 1.29 is 38.1 Å². The molecule has 1 heterocycles. The van der Waals surface area contributed by atoms with E-state index in [2.05, 4.69) is 52.4 Å². The minimum Gasteiger partial charge on any atom is -0.497 e. The van der Waals surface area contributed by atoms with Gasteiger partial charge in [-0.15, -0.1) is 5.10 Å². The number of hydrogen-bond donors (Lipinski definition) is 6. The van der Waals surface area contributed by atoms with Crippen molar-refractivity contribution in [2.75, 3.05) is 59.5 Å². The van der Waals surface area contributed by atoms with Gasteiger partial charge in [0.05, 0.1) is 19.2 Å². The highest BCUT2D eigenvalue weighted by Gasteiger charge is 2.34. The van der Waals surface area contributed by atoms with E-state index in [0.717, 1.165) is 79.3 Å². The number of benzene rings is 3. The molecule has 0 radical (unpaired) electrons. The largest absolute Gasteiger partial charge is 0.497 e. The van der Waals surface area contributed by atoms with Gasteiger partial charge < -0.3 is 46.9 Å². The number of aliphatic carboxylic acids is 1. The number of nitrogens with one attached hydrogen (secondary N) is 3. The molecule has 3 aromatic carbocycles. The van der Waals surface area contributed by atoms with Gasteiger partial charge in [0.25, 0.3) is 0 Å². The molecule has 418 valence electrons. The van der Waals surface area contributed by atoms with Crippen molar-refractivity contribution in [3.8, 4) is 22.6 Å². The Balaban J connectivity index is 0.972. The predicted molar refractivity (Wildman–Crippen MR) is 296 cm³/mol. The number of hydrogen-bond acceptors (Lipinski definition) is 11. The molecular formula is C59H88FN9O7. The van der Waals surface area contributed by atoms with Gasteiger partial charge in [-0.05, 0) is 108 Å². The third kappa shape index (κ3) is 23.1. The smallest absolute Gasteiger partial charge is 0.303 e. The summed E-state index contributed by atoms with van der Waals surface area (Å²) in [6.07, 6.45) is 19.4. The average molecular weight is 1050 g/mol. The zero-order valence-electron chi connectivity index (χ0n) is 45.7. The number of carboxylic acid groups (broad SMARTS) is 1. The summed E-state index contributed by atoms with van der Waals surface area (Å²) < 4.78 is 29.2. The Labute approximate surface area is 451 Å². The van der Waals surface area contributed by atoms with E-state index in [4.69, 9.17) is 20.9 Å². The SMILES string of the molecule is COc1ccc(F)c(-c2ccc(COc3cccc([C@@H](CC(=O)O)C4CC4)c3)cc2CC(C)(C)Cn2cc(CCCCCCCCCCCCCC(=O)NCCN(CCC(=O)NCCN)CCC(=O)NCCN)nn2)c1. The van der Waals surface area contributed by atoms with Crippen LogP contribution >= 0.6 is 0 Å². The Morgan fingerprint density at radius 2 is 1.39 bits per heavy atom. The van der Waals surface area contributed by atoms with E-state index in [1.54, 1.807) is 19.2 Å². The molecule has 16 nitrogen and oxygen atoms in total. The fraction of sp³-hybridized carbons (Fsp3) is 0.593. The molecular weight excluding hydrogens is 966 g/mol. The first kappa shape index (κ1) is 60.9. The molecule has 17 heteroatoms. The molecule has 0 bridgehead atoms. The number of nitrogens with zero attached hydrogens (tertiary/aromatic N) is 4. The fourth-order valence-corrected chi connectivity index (χ4v) is 9.85. The Morgan fingerprint density at radius 1 is 0.763 bits per heavy atom. The number of nitrogens with two attached hydrogens (primary N) is 2. The number of carboxylic acids is 1. The number of halogens is 1. The van der Waals surface area contributed by atoms with Crippen LogP contribution in [0.1, 0.15) is 151 Å². The highest BCUT2D eigenvalue weighted by Crippen LogP contribution is 2.45. The first-order valence-corrected chi connectivity index (χ1v) is 28.0. The minimum absolute atomic E-state index is 0.0208. The molecule has 76 heavy (non-hydrogen) atoms. The summed E-state index contributed by atoms with van der Waals surface area (Å²) in [5, 5.41) is 27.1. The van der Waals surface area contributed by atoms with E-state index in [-0.39, 0.29) is 41.3 Å². The molecule has 1 aliphatic carbocycles. The van der Waals surface area contributed by atoms with Gasteiger partial charge in [0.2, 0.25) is 17.7 Å². The molecule has 4 aromatic rings. The molecule has 1 atom stereocenters. The maximum Gasteiger partial charge on any atom is 0.303 e. The molecule has 1 fully saturated rings. The molecule has 1 aromatic heterocycles. The summed E-state index contributed by atoms with van der Waals surface area (Å²) >= 11 is 0. The standard InChI is InChI=1S/C59H88FN9O7/c1-59(2,40-47-36-44(20-24-51(47)53-38-49(75-3)23-25-54(53)60)42-76-50-18-15-16-46(37-50)52(39-58(73)74)45-21-22-45)43-69-41-48(66-67-69)17-13-11-9-7-5-4-6-8-10-12-14-19-55(70)65-32-35-68(33-26-56(71)63-30-28-61)34-27-57(72)64-31-29-62/h15-16,18,20,23-25,36-38,41,45,52H,4-14,17,19,21-22,26-35,39-40,42-43,61-62H2,1-3H3,(H,63,71)(H,64,72)(H,65,70)(H,73,74)/t52-/m0/s1. The number of methoxy groups -OCH3 is 1. The summed E-state index contributed by atoms with van der Waals surface area (Å²) in [6, 6.07) is 18.7. The molecule has 8 N–H and O–H groups in total. The monoisotopic (exact) mass is 1050 g/mol. The number of aryl methyl sites for hydroxylation is 1. The Kier molecular flexibility index (Phi) is 26.7. The predicted octanol–water partition coefficient (Wildman–Crippen LogP) is 8.48. The van der Waals surface area contributed by atoms with Crippen LogP contribution in [0.5, 0.6) is 11.5 Å². The number of rotatable bonds is 40. The zero-order valence-corrected chi connectivity index (χ0v) is 45.7. The van der Waals surface area contributed by atoms with E-state index in [1.807, 2.05) is 46.0 Å². The molecule has 0 spiro atoms. The van der Waals surface area contributed by atoms with Crippen LogP contribution in [0.3, 0.4) is 0 Å². The van der Waals surface area contributed by atoms with Crippen molar-refractivity contribution in [3.63, 3.8) is 0 Å². The maximum atomic E-state index is 15.5. The molecule has 1 aliphatic rings. The molecule has 0 saturated heterocycles. The second-order valence-corrected chi connectivity index (χ2v) is 21.3. The second-order valence-electron chi connectivity index (χ2n) is 21.3. The van der Waals surface area contributed by atoms with Gasteiger partial charge in [-0.3, -0.25) is 23.9 Å². The third-order valence-electron chi connectivity index (χ3n) is 14.1. The van der Waals surface area contributed by atoms with Gasteiger partial charge in [0.1, 0.15) is 23.9 Å². The summed E-state index contributed by atoms with van der Waals surface area (Å²) in [5.74, 6) is 0.401. The Morgan fingerprint density at radius 3 is 2.03 bits per heavy atom. The number of carbonyl (C=O) groups excluding carboxylic acids is 3. The van der Waals surface area contributed by atoms with Crippen LogP contribution < -0.4 is 36.9 Å². The van der Waals surface area contributed by atoms with Crippen molar-refractivity contribution >= 4 is 23.7 Å². The van der Waals surface area contributed by atoms with E-state index >= 15 is 4.39 Å². The summed E-state index contributed by atoms with van der Waals surface area (Å²) in [4.78, 5) is 50.4. The van der Waals surface area contributed by atoms with Crippen LogP contribution in [0.2, 0.25) is 0 Å². The lowest BCUT2D eigenvalue weighted by molar-refractivity contribution is -0.137. The molecule has 3 amide bonds.